The molecule has 5 nitrogen and oxygen atoms in total. The molecule has 1 aromatic carbocycles. The van der Waals surface area contributed by atoms with E-state index in [1.54, 1.807) is 0 Å². The summed E-state index contributed by atoms with van der Waals surface area (Å²) in [5.41, 5.74) is 1.25. The summed E-state index contributed by atoms with van der Waals surface area (Å²) in [4.78, 5) is 29.0. The largest absolute Gasteiger partial charge is 0.356 e. The molecule has 4 atom stereocenters. The number of nitrogens with one attached hydrogen (secondary N) is 2. The molecule has 6 heteroatoms. The van der Waals surface area contributed by atoms with Crippen LogP contribution in [-0.2, 0) is 16.1 Å². The van der Waals surface area contributed by atoms with Crippen LogP contribution in [0, 0.1) is 29.1 Å². The van der Waals surface area contributed by atoms with Gasteiger partial charge < -0.3 is 15.5 Å². The van der Waals surface area contributed by atoms with Gasteiger partial charge in [-0.2, -0.15) is 0 Å². The first-order valence-electron chi connectivity index (χ1n) is 11.8. The molecule has 0 radical (unpaired) electrons. The number of nitrogens with zero attached hydrogens (tertiary/aromatic N) is 1. The van der Waals surface area contributed by atoms with Crippen molar-refractivity contribution < 1.29 is 9.59 Å². The predicted molar refractivity (Wildman–Crippen MR) is 124 cm³/mol. The van der Waals surface area contributed by atoms with E-state index >= 15 is 0 Å². The number of carbonyl (C=O) groups is 2. The predicted octanol–water partition coefficient (Wildman–Crippen LogP) is 3.50. The van der Waals surface area contributed by atoms with Gasteiger partial charge in [0.2, 0.25) is 11.8 Å². The standard InChI is InChI=1S/C25H32BrN3O2/c26-18-6-4-17(5-7-18)16-28-24(31)22-20-9-8-19(25(20)10-11-25)21(22)23(30)27-12-3-15-29-13-1-2-14-29/h4-9,19-22H,1-3,10-16H2,(H,27,30)(H,28,31)/t19-,20+,21-,22-/m1/s1. The number of rotatable bonds is 8. The van der Waals surface area contributed by atoms with Crippen molar-refractivity contribution >= 4 is 27.7 Å². The van der Waals surface area contributed by atoms with Crippen molar-refractivity contribution in [3.63, 3.8) is 0 Å². The van der Waals surface area contributed by atoms with Crippen LogP contribution in [0.3, 0.4) is 0 Å². The molecule has 1 spiro atoms. The van der Waals surface area contributed by atoms with Gasteiger partial charge in [0.15, 0.2) is 0 Å². The molecule has 1 heterocycles. The van der Waals surface area contributed by atoms with Crippen LogP contribution in [0.5, 0.6) is 0 Å². The summed E-state index contributed by atoms with van der Waals surface area (Å²) < 4.78 is 1.03. The highest BCUT2D eigenvalue weighted by Crippen LogP contribution is 2.72. The van der Waals surface area contributed by atoms with Gasteiger partial charge in [0, 0.05) is 17.6 Å². The minimum Gasteiger partial charge on any atom is -0.356 e. The van der Waals surface area contributed by atoms with E-state index in [1.165, 1.54) is 25.9 Å². The molecule has 4 aliphatic rings. The summed E-state index contributed by atoms with van der Waals surface area (Å²) in [6.07, 6.45) is 10.3. The monoisotopic (exact) mass is 485 g/mol. The lowest BCUT2D eigenvalue weighted by Crippen LogP contribution is -2.44. The van der Waals surface area contributed by atoms with Crippen LogP contribution in [0.2, 0.25) is 0 Å². The Morgan fingerprint density at radius 2 is 1.58 bits per heavy atom. The molecule has 5 rings (SSSR count). The van der Waals surface area contributed by atoms with E-state index in [9.17, 15) is 9.59 Å². The maximum atomic E-state index is 13.3. The molecule has 1 aromatic rings. The Bertz CT molecular complexity index is 858. The Morgan fingerprint density at radius 1 is 0.968 bits per heavy atom. The van der Waals surface area contributed by atoms with E-state index in [0.717, 1.165) is 35.8 Å². The molecule has 3 fully saturated rings. The van der Waals surface area contributed by atoms with Gasteiger partial charge in [0.1, 0.15) is 0 Å². The number of halogens is 1. The van der Waals surface area contributed by atoms with Gasteiger partial charge in [-0.05, 0) is 86.7 Å². The van der Waals surface area contributed by atoms with Crippen molar-refractivity contribution in [1.82, 2.24) is 15.5 Å². The first kappa shape index (κ1) is 21.2. The molecule has 1 saturated heterocycles. The average molecular weight is 486 g/mol. The zero-order chi connectivity index (χ0) is 21.4. The van der Waals surface area contributed by atoms with Crippen molar-refractivity contribution in [3.8, 4) is 0 Å². The van der Waals surface area contributed by atoms with Gasteiger partial charge in [0.05, 0.1) is 11.8 Å². The molecule has 2 saturated carbocycles. The molecular formula is C25H32BrN3O2. The maximum Gasteiger partial charge on any atom is 0.224 e. The van der Waals surface area contributed by atoms with Crippen LogP contribution >= 0.6 is 15.9 Å². The normalized spacial score (nSPS) is 30.1. The highest BCUT2D eigenvalue weighted by molar-refractivity contribution is 9.10. The Hall–Kier alpha value is -1.66. The highest BCUT2D eigenvalue weighted by Gasteiger charge is 2.69. The third-order valence-corrected chi connectivity index (χ3v) is 8.50. The van der Waals surface area contributed by atoms with Crippen LogP contribution in [0.25, 0.3) is 0 Å². The maximum absolute atomic E-state index is 13.3. The fraction of sp³-hybridized carbons (Fsp3) is 0.600. The first-order chi connectivity index (χ1) is 15.1. The summed E-state index contributed by atoms with van der Waals surface area (Å²) in [6, 6.07) is 7.99. The zero-order valence-corrected chi connectivity index (χ0v) is 19.6. The summed E-state index contributed by atoms with van der Waals surface area (Å²) in [7, 11) is 0. The van der Waals surface area contributed by atoms with Gasteiger partial charge >= 0.3 is 0 Å². The van der Waals surface area contributed by atoms with Crippen LogP contribution in [-0.4, -0.2) is 42.9 Å². The van der Waals surface area contributed by atoms with Gasteiger partial charge in [-0.25, -0.2) is 0 Å². The second-order valence-corrected chi connectivity index (χ2v) is 10.7. The minimum atomic E-state index is -0.244. The fourth-order valence-electron chi connectivity index (χ4n) is 6.26. The van der Waals surface area contributed by atoms with E-state index < -0.39 is 0 Å². The lowest BCUT2D eigenvalue weighted by atomic mass is 9.81. The van der Waals surface area contributed by atoms with Crippen molar-refractivity contribution in [1.29, 1.82) is 0 Å². The molecule has 0 aromatic heterocycles. The zero-order valence-electron chi connectivity index (χ0n) is 18.0. The van der Waals surface area contributed by atoms with Crippen molar-refractivity contribution in [2.24, 2.45) is 29.1 Å². The molecular weight excluding hydrogens is 454 g/mol. The number of carbonyl (C=O) groups excluding carboxylic acids is 2. The third-order valence-electron chi connectivity index (χ3n) is 7.98. The number of hydrogen-bond acceptors (Lipinski definition) is 3. The fourth-order valence-corrected chi connectivity index (χ4v) is 6.52. The minimum absolute atomic E-state index is 0.0308. The summed E-state index contributed by atoms with van der Waals surface area (Å²) in [6.45, 7) is 4.63. The molecule has 0 unspecified atom stereocenters. The summed E-state index contributed by atoms with van der Waals surface area (Å²) in [5.74, 6) is 0.0691. The molecule has 2 amide bonds. The Kier molecular flexibility index (Phi) is 5.95. The van der Waals surface area contributed by atoms with Gasteiger partial charge in [-0.3, -0.25) is 9.59 Å². The van der Waals surface area contributed by atoms with Crippen LogP contribution in [0.15, 0.2) is 40.9 Å². The third kappa shape index (κ3) is 4.09. The number of amides is 2. The molecule has 3 aliphatic carbocycles. The van der Waals surface area contributed by atoms with E-state index in [4.69, 9.17) is 0 Å². The van der Waals surface area contributed by atoms with E-state index in [2.05, 4.69) is 43.6 Å². The van der Waals surface area contributed by atoms with Crippen LogP contribution in [0.4, 0.5) is 0 Å². The van der Waals surface area contributed by atoms with Gasteiger partial charge in [-0.15, -0.1) is 0 Å². The quantitative estimate of drug-likeness (QED) is 0.437. The highest BCUT2D eigenvalue weighted by atomic mass is 79.9. The van der Waals surface area contributed by atoms with E-state index in [0.29, 0.717) is 13.1 Å². The van der Waals surface area contributed by atoms with Gasteiger partial charge in [-0.1, -0.05) is 40.2 Å². The van der Waals surface area contributed by atoms with Gasteiger partial charge in [0.25, 0.3) is 0 Å². The topological polar surface area (TPSA) is 61.4 Å². The number of benzene rings is 1. The van der Waals surface area contributed by atoms with E-state index in [1.807, 2.05) is 24.3 Å². The molecule has 2 bridgehead atoms. The van der Waals surface area contributed by atoms with Crippen LogP contribution < -0.4 is 10.6 Å². The van der Waals surface area contributed by atoms with Crippen LogP contribution in [0.1, 0.15) is 37.7 Å². The smallest absolute Gasteiger partial charge is 0.224 e. The lowest BCUT2D eigenvalue weighted by molar-refractivity contribution is -0.135. The second kappa shape index (κ2) is 8.70. The number of likely N-dealkylation sites (tertiary alicyclic amines) is 1. The SMILES string of the molecule is O=C(NCCCN1CCCC1)[C@H]1[C@H](C(=O)NCc2ccc(Br)cc2)[C@@H]2C=C[C@H]1C21CC1. The summed E-state index contributed by atoms with van der Waals surface area (Å²) in [5, 5.41) is 6.30. The molecule has 2 N–H and O–H groups in total. The summed E-state index contributed by atoms with van der Waals surface area (Å²) >= 11 is 3.45. The second-order valence-electron chi connectivity index (χ2n) is 9.76. The van der Waals surface area contributed by atoms with Crippen molar-refractivity contribution in [2.75, 3.05) is 26.2 Å². The van der Waals surface area contributed by atoms with Crippen molar-refractivity contribution in [3.05, 3.63) is 46.5 Å². The lowest BCUT2D eigenvalue weighted by Gasteiger charge is -2.26. The molecule has 31 heavy (non-hydrogen) atoms. The number of allylic oxidation sites excluding steroid dienone is 2. The molecule has 166 valence electrons. The van der Waals surface area contributed by atoms with E-state index in [-0.39, 0.29) is 40.9 Å². The Labute approximate surface area is 193 Å². The average Bonchev–Trinajstić information content (AvgIpc) is 3.13. The Balaban J connectivity index is 1.21. The number of hydrogen-bond donors (Lipinski definition) is 2. The van der Waals surface area contributed by atoms with Crippen molar-refractivity contribution in [2.45, 2.75) is 38.6 Å². The molecule has 1 aliphatic heterocycles. The first-order valence-corrected chi connectivity index (χ1v) is 12.6. The Morgan fingerprint density at radius 3 is 2.19 bits per heavy atom.